The van der Waals surface area contributed by atoms with Crippen LogP contribution >= 0.6 is 0 Å². The number of ether oxygens (including phenoxy) is 1. The second kappa shape index (κ2) is 6.24. The van der Waals surface area contributed by atoms with Gasteiger partial charge >= 0.3 is 0 Å². The van der Waals surface area contributed by atoms with Crippen LogP contribution in [0.5, 0.6) is 0 Å². The number of nitrogens with zero attached hydrogens (tertiary/aromatic N) is 2. The molecule has 0 aromatic carbocycles. The third kappa shape index (κ3) is 2.90. The predicted molar refractivity (Wildman–Crippen MR) is 78.5 cm³/mol. The minimum Gasteiger partial charge on any atom is -0.379 e. The van der Waals surface area contributed by atoms with Gasteiger partial charge < -0.3 is 15.4 Å². The zero-order valence-electron chi connectivity index (χ0n) is 12.6. The van der Waals surface area contributed by atoms with Crippen molar-refractivity contribution in [3.8, 4) is 0 Å². The van der Waals surface area contributed by atoms with Crippen LogP contribution in [0.1, 0.15) is 30.5 Å². The predicted octanol–water partition coefficient (Wildman–Crippen LogP) is 0.975. The van der Waals surface area contributed by atoms with E-state index in [0.29, 0.717) is 18.0 Å². The Morgan fingerprint density at radius 2 is 2.40 bits per heavy atom. The van der Waals surface area contributed by atoms with Crippen LogP contribution in [-0.2, 0) is 18.3 Å². The van der Waals surface area contributed by atoms with Crippen molar-refractivity contribution in [1.82, 2.24) is 20.4 Å². The van der Waals surface area contributed by atoms with Gasteiger partial charge in [-0.25, -0.2) is 0 Å². The van der Waals surface area contributed by atoms with Gasteiger partial charge in [-0.15, -0.1) is 0 Å². The molecule has 0 bridgehead atoms. The minimum atomic E-state index is 0.527. The Labute approximate surface area is 121 Å². The first-order valence-electron chi connectivity index (χ1n) is 7.77. The molecule has 1 saturated heterocycles. The quantitative estimate of drug-likeness (QED) is 0.862. The largest absolute Gasteiger partial charge is 0.379 e. The number of morpholine rings is 1. The smallest absolute Gasteiger partial charge is 0.0623 e. The molecule has 3 rings (SSSR count). The van der Waals surface area contributed by atoms with E-state index in [2.05, 4.69) is 22.7 Å². The van der Waals surface area contributed by atoms with E-state index in [1.165, 1.54) is 30.5 Å². The van der Waals surface area contributed by atoms with Gasteiger partial charge in [0.05, 0.1) is 19.4 Å². The van der Waals surface area contributed by atoms with Gasteiger partial charge in [-0.05, 0) is 25.7 Å². The second-order valence-electron chi connectivity index (χ2n) is 6.10. The van der Waals surface area contributed by atoms with Crippen molar-refractivity contribution < 1.29 is 4.74 Å². The Hall–Kier alpha value is -0.910. The molecule has 0 radical (unpaired) electrons. The molecule has 2 N–H and O–H groups in total. The van der Waals surface area contributed by atoms with Crippen molar-refractivity contribution in [2.75, 3.05) is 19.8 Å². The van der Waals surface area contributed by atoms with Crippen LogP contribution in [0.15, 0.2) is 6.20 Å². The van der Waals surface area contributed by atoms with Crippen molar-refractivity contribution in [1.29, 1.82) is 0 Å². The molecule has 1 aromatic rings. The fourth-order valence-corrected chi connectivity index (χ4v) is 3.54. The van der Waals surface area contributed by atoms with Crippen molar-refractivity contribution in [2.24, 2.45) is 13.0 Å². The number of rotatable bonds is 4. The lowest BCUT2D eigenvalue weighted by Gasteiger charge is -2.33. The fourth-order valence-electron chi connectivity index (χ4n) is 3.54. The first kappa shape index (κ1) is 14.0. The number of aromatic nitrogens is 2. The van der Waals surface area contributed by atoms with Gasteiger partial charge in [0.2, 0.25) is 0 Å². The summed E-state index contributed by atoms with van der Waals surface area (Å²) in [5, 5.41) is 11.7. The van der Waals surface area contributed by atoms with E-state index in [0.717, 1.165) is 26.3 Å². The highest BCUT2D eigenvalue weighted by Gasteiger charge is 2.34. The molecule has 2 heterocycles. The summed E-state index contributed by atoms with van der Waals surface area (Å²) in [5.74, 6) is 0.701. The van der Waals surface area contributed by atoms with Crippen molar-refractivity contribution in [2.45, 2.75) is 44.8 Å². The Morgan fingerprint density at radius 1 is 1.50 bits per heavy atom. The van der Waals surface area contributed by atoms with E-state index >= 15 is 0 Å². The summed E-state index contributed by atoms with van der Waals surface area (Å²) in [4.78, 5) is 0. The SMILES string of the molecule is Cc1c(CNC2CCCC2C2COCCN2)cnn1C. The molecule has 3 atom stereocenters. The van der Waals surface area contributed by atoms with E-state index in [4.69, 9.17) is 4.74 Å². The maximum Gasteiger partial charge on any atom is 0.0623 e. The number of aryl methyl sites for hydroxylation is 1. The summed E-state index contributed by atoms with van der Waals surface area (Å²) in [6.45, 7) is 5.78. The zero-order valence-corrected chi connectivity index (χ0v) is 12.6. The maximum atomic E-state index is 5.62. The zero-order chi connectivity index (χ0) is 13.9. The van der Waals surface area contributed by atoms with E-state index < -0.39 is 0 Å². The normalized spacial score (nSPS) is 30.8. The van der Waals surface area contributed by atoms with E-state index in [1.54, 1.807) is 0 Å². The first-order chi connectivity index (χ1) is 9.75. The Morgan fingerprint density at radius 3 is 3.10 bits per heavy atom. The van der Waals surface area contributed by atoms with Crippen molar-refractivity contribution >= 4 is 0 Å². The highest BCUT2D eigenvalue weighted by atomic mass is 16.5. The molecule has 2 aliphatic rings. The highest BCUT2D eigenvalue weighted by Crippen LogP contribution is 2.29. The number of hydrogen-bond acceptors (Lipinski definition) is 4. The van der Waals surface area contributed by atoms with Gasteiger partial charge in [0, 0.05) is 43.5 Å². The Bertz CT molecular complexity index is 439. The van der Waals surface area contributed by atoms with Crippen LogP contribution < -0.4 is 10.6 Å². The standard InChI is InChI=1S/C15H26N4O/c1-11-12(9-18-19(11)2)8-17-14-5-3-4-13(14)15-10-20-7-6-16-15/h9,13-17H,3-8,10H2,1-2H3. The van der Waals surface area contributed by atoms with Gasteiger partial charge in [-0.2, -0.15) is 5.10 Å². The minimum absolute atomic E-state index is 0.527. The molecule has 0 spiro atoms. The van der Waals surface area contributed by atoms with Crippen LogP contribution in [0.3, 0.4) is 0 Å². The summed E-state index contributed by atoms with van der Waals surface area (Å²) in [6.07, 6.45) is 5.90. The molecular formula is C15H26N4O. The maximum absolute atomic E-state index is 5.62. The molecular weight excluding hydrogens is 252 g/mol. The van der Waals surface area contributed by atoms with Crippen molar-refractivity contribution in [3.05, 3.63) is 17.5 Å². The number of hydrogen-bond donors (Lipinski definition) is 2. The molecule has 3 unspecified atom stereocenters. The lowest BCUT2D eigenvalue weighted by molar-refractivity contribution is 0.0524. The Kier molecular flexibility index (Phi) is 4.38. The summed E-state index contributed by atoms with van der Waals surface area (Å²) >= 11 is 0. The molecule has 2 fully saturated rings. The summed E-state index contributed by atoms with van der Waals surface area (Å²) in [7, 11) is 2.00. The third-order valence-electron chi connectivity index (χ3n) is 4.93. The number of nitrogens with one attached hydrogen (secondary N) is 2. The molecule has 5 nitrogen and oxygen atoms in total. The molecule has 20 heavy (non-hydrogen) atoms. The molecule has 5 heteroatoms. The van der Waals surface area contributed by atoms with Crippen LogP contribution in [0.2, 0.25) is 0 Å². The lowest BCUT2D eigenvalue weighted by atomic mass is 9.94. The Balaban J connectivity index is 1.57. The fraction of sp³-hybridized carbons (Fsp3) is 0.800. The summed E-state index contributed by atoms with van der Waals surface area (Å²) < 4.78 is 7.57. The molecule has 0 amide bonds. The van der Waals surface area contributed by atoms with Crippen molar-refractivity contribution in [3.63, 3.8) is 0 Å². The van der Waals surface area contributed by atoms with Gasteiger partial charge in [-0.1, -0.05) is 6.42 Å². The molecule has 1 saturated carbocycles. The van der Waals surface area contributed by atoms with Gasteiger partial charge in [0.15, 0.2) is 0 Å². The van der Waals surface area contributed by atoms with Crippen LogP contribution in [0.25, 0.3) is 0 Å². The van der Waals surface area contributed by atoms with Crippen LogP contribution in [0, 0.1) is 12.8 Å². The average molecular weight is 278 g/mol. The van der Waals surface area contributed by atoms with Gasteiger partial charge in [-0.3, -0.25) is 4.68 Å². The molecule has 1 aromatic heterocycles. The molecule has 112 valence electrons. The molecule has 1 aliphatic heterocycles. The lowest BCUT2D eigenvalue weighted by Crippen LogP contribution is -2.50. The van der Waals surface area contributed by atoms with Gasteiger partial charge in [0.1, 0.15) is 0 Å². The van der Waals surface area contributed by atoms with E-state index in [1.807, 2.05) is 17.9 Å². The highest BCUT2D eigenvalue weighted by molar-refractivity contribution is 5.15. The first-order valence-corrected chi connectivity index (χ1v) is 7.77. The van der Waals surface area contributed by atoms with Gasteiger partial charge in [0.25, 0.3) is 0 Å². The van der Waals surface area contributed by atoms with Crippen LogP contribution in [0.4, 0.5) is 0 Å². The van der Waals surface area contributed by atoms with Crippen LogP contribution in [-0.4, -0.2) is 41.6 Å². The summed E-state index contributed by atoms with van der Waals surface area (Å²) in [6, 6.07) is 1.13. The second-order valence-corrected chi connectivity index (χ2v) is 6.10. The topological polar surface area (TPSA) is 51.1 Å². The van der Waals surface area contributed by atoms with E-state index in [-0.39, 0.29) is 0 Å². The third-order valence-corrected chi connectivity index (χ3v) is 4.93. The monoisotopic (exact) mass is 278 g/mol. The summed E-state index contributed by atoms with van der Waals surface area (Å²) in [5.41, 5.74) is 2.57. The van der Waals surface area contributed by atoms with E-state index in [9.17, 15) is 0 Å². The molecule has 1 aliphatic carbocycles. The average Bonchev–Trinajstić information content (AvgIpc) is 3.07.